The van der Waals surface area contributed by atoms with Crippen LogP contribution in [-0.4, -0.2) is 78.5 Å². The quantitative estimate of drug-likeness (QED) is 0.779. The molecule has 3 aliphatic rings. The molecule has 1 atom stereocenters. The van der Waals surface area contributed by atoms with Gasteiger partial charge in [-0.3, -0.25) is 9.69 Å². The summed E-state index contributed by atoms with van der Waals surface area (Å²) in [6, 6.07) is 10.0. The summed E-state index contributed by atoms with van der Waals surface area (Å²) < 4.78 is 0. The van der Waals surface area contributed by atoms with Crippen LogP contribution in [-0.2, 0) is 4.79 Å². The molecule has 0 saturated carbocycles. The van der Waals surface area contributed by atoms with Crippen molar-refractivity contribution in [2.24, 2.45) is 0 Å². The number of anilines is 1. The first-order valence-corrected chi connectivity index (χ1v) is 9.20. The van der Waals surface area contributed by atoms with Crippen molar-refractivity contribution in [2.45, 2.75) is 24.8 Å². The molecule has 0 N–H and O–H groups in total. The van der Waals surface area contributed by atoms with Crippen LogP contribution >= 0.6 is 0 Å². The number of carbonyl (C=O) groups excluding carboxylic acids is 2. The minimum atomic E-state index is -0.140. The van der Waals surface area contributed by atoms with E-state index in [0.29, 0.717) is 19.6 Å². The van der Waals surface area contributed by atoms with Gasteiger partial charge in [-0.1, -0.05) is 18.2 Å². The van der Waals surface area contributed by atoms with Crippen molar-refractivity contribution >= 4 is 17.6 Å². The van der Waals surface area contributed by atoms with Crippen LogP contribution in [0.4, 0.5) is 10.5 Å². The van der Waals surface area contributed by atoms with E-state index in [-0.39, 0.29) is 17.5 Å². The number of benzene rings is 1. The number of hydrogen-bond acceptors (Lipinski definition) is 3. The number of hydrogen-bond donors (Lipinski definition) is 0. The fourth-order valence-corrected chi connectivity index (χ4v) is 4.37. The second kappa shape index (κ2) is 6.33. The summed E-state index contributed by atoms with van der Waals surface area (Å²) in [6.07, 6.45) is 3.14. The van der Waals surface area contributed by atoms with E-state index in [0.717, 1.165) is 44.6 Å². The van der Waals surface area contributed by atoms with Crippen LogP contribution in [0.15, 0.2) is 30.3 Å². The van der Waals surface area contributed by atoms with Gasteiger partial charge in [0, 0.05) is 38.4 Å². The lowest BCUT2D eigenvalue weighted by Crippen LogP contribution is -2.64. The molecule has 0 aliphatic carbocycles. The Morgan fingerprint density at radius 1 is 1.00 bits per heavy atom. The minimum Gasteiger partial charge on any atom is -0.325 e. The Labute approximate surface area is 149 Å². The topological polar surface area (TPSA) is 47.1 Å². The lowest BCUT2D eigenvalue weighted by atomic mass is 9.92. The summed E-state index contributed by atoms with van der Waals surface area (Å²) in [7, 11) is 2.02. The van der Waals surface area contributed by atoms with Gasteiger partial charge in [0.05, 0.1) is 12.1 Å². The molecule has 134 valence electrons. The predicted molar refractivity (Wildman–Crippen MR) is 96.5 cm³/mol. The van der Waals surface area contributed by atoms with Crippen molar-refractivity contribution in [3.8, 4) is 0 Å². The molecule has 1 aromatic rings. The maximum Gasteiger partial charge on any atom is 0.320 e. The van der Waals surface area contributed by atoms with Gasteiger partial charge < -0.3 is 14.7 Å². The average Bonchev–Trinajstić information content (AvgIpc) is 3.30. The van der Waals surface area contributed by atoms with Crippen molar-refractivity contribution in [1.29, 1.82) is 0 Å². The van der Waals surface area contributed by atoms with E-state index in [2.05, 4.69) is 4.90 Å². The van der Waals surface area contributed by atoms with Gasteiger partial charge in [0.15, 0.2) is 0 Å². The third kappa shape index (κ3) is 2.88. The van der Waals surface area contributed by atoms with Crippen molar-refractivity contribution in [1.82, 2.24) is 14.7 Å². The highest BCUT2D eigenvalue weighted by atomic mass is 16.2. The van der Waals surface area contributed by atoms with E-state index in [9.17, 15) is 9.59 Å². The number of likely N-dealkylation sites (N-methyl/N-ethyl adjacent to an activating group) is 1. The molecular formula is C19H26N4O2. The number of rotatable bonds is 1. The highest BCUT2D eigenvalue weighted by molar-refractivity contribution is 5.96. The summed E-state index contributed by atoms with van der Waals surface area (Å²) in [5.74, 6) is 0.128. The number of urea groups is 1. The van der Waals surface area contributed by atoms with Gasteiger partial charge in [-0.05, 0) is 38.4 Å². The summed E-state index contributed by atoms with van der Waals surface area (Å²) in [6.45, 7) is 4.29. The van der Waals surface area contributed by atoms with Gasteiger partial charge in [0.25, 0.3) is 0 Å². The Kier molecular flexibility index (Phi) is 4.15. The van der Waals surface area contributed by atoms with Crippen molar-refractivity contribution in [3.05, 3.63) is 30.3 Å². The standard InChI is InChI=1S/C19H26N4O2/c1-20-13-17(24)23(16-7-3-2-4-8-16)15-19(20)9-12-22(14-19)18(25)21-10-5-6-11-21/h2-4,7-8H,5-6,9-15H2,1H3. The third-order valence-corrected chi connectivity index (χ3v) is 5.98. The van der Waals surface area contributed by atoms with Gasteiger partial charge >= 0.3 is 6.03 Å². The first-order valence-electron chi connectivity index (χ1n) is 9.20. The van der Waals surface area contributed by atoms with Gasteiger partial charge in [-0.15, -0.1) is 0 Å². The van der Waals surface area contributed by atoms with Crippen LogP contribution in [0.5, 0.6) is 0 Å². The molecule has 6 nitrogen and oxygen atoms in total. The zero-order valence-corrected chi connectivity index (χ0v) is 14.9. The largest absolute Gasteiger partial charge is 0.325 e. The molecular weight excluding hydrogens is 316 g/mol. The molecule has 1 aromatic carbocycles. The van der Waals surface area contributed by atoms with E-state index in [1.807, 2.05) is 52.1 Å². The van der Waals surface area contributed by atoms with E-state index in [4.69, 9.17) is 0 Å². The van der Waals surface area contributed by atoms with Crippen LogP contribution < -0.4 is 4.90 Å². The zero-order valence-electron chi connectivity index (χ0n) is 14.9. The molecule has 3 saturated heterocycles. The molecule has 3 heterocycles. The third-order valence-electron chi connectivity index (χ3n) is 5.98. The van der Waals surface area contributed by atoms with Crippen molar-refractivity contribution < 1.29 is 9.59 Å². The normalized spacial score (nSPS) is 27.6. The summed E-state index contributed by atoms with van der Waals surface area (Å²) in [5.41, 5.74) is 0.809. The molecule has 0 radical (unpaired) electrons. The molecule has 3 fully saturated rings. The SMILES string of the molecule is CN1CC(=O)N(c2ccccc2)CC12CCN(C(=O)N1CCCC1)C2. The van der Waals surface area contributed by atoms with Crippen LogP contribution in [0.3, 0.4) is 0 Å². The monoisotopic (exact) mass is 342 g/mol. The number of carbonyl (C=O) groups is 2. The molecule has 6 heteroatoms. The summed E-state index contributed by atoms with van der Waals surface area (Å²) >= 11 is 0. The molecule has 25 heavy (non-hydrogen) atoms. The van der Waals surface area contributed by atoms with Crippen LogP contribution in [0.25, 0.3) is 0 Å². The van der Waals surface area contributed by atoms with Crippen LogP contribution in [0.2, 0.25) is 0 Å². The number of likely N-dealkylation sites (tertiary alicyclic amines) is 2. The van der Waals surface area contributed by atoms with E-state index >= 15 is 0 Å². The smallest absolute Gasteiger partial charge is 0.320 e. The van der Waals surface area contributed by atoms with Gasteiger partial charge in [-0.25, -0.2) is 4.79 Å². The molecule has 3 aliphatic heterocycles. The number of amides is 3. The van der Waals surface area contributed by atoms with Gasteiger partial charge in [0.1, 0.15) is 0 Å². The van der Waals surface area contributed by atoms with Crippen LogP contribution in [0.1, 0.15) is 19.3 Å². The highest BCUT2D eigenvalue weighted by Crippen LogP contribution is 2.34. The number of piperazine rings is 1. The minimum absolute atomic E-state index is 0.128. The molecule has 4 rings (SSSR count). The first-order chi connectivity index (χ1) is 12.1. The number of nitrogens with zero attached hydrogens (tertiary/aromatic N) is 4. The summed E-state index contributed by atoms with van der Waals surface area (Å²) in [5, 5.41) is 0. The first kappa shape index (κ1) is 16.4. The van der Waals surface area contributed by atoms with Gasteiger partial charge in [-0.2, -0.15) is 0 Å². The Balaban J connectivity index is 1.52. The predicted octanol–water partition coefficient (Wildman–Crippen LogP) is 1.63. The molecule has 0 aromatic heterocycles. The van der Waals surface area contributed by atoms with Crippen molar-refractivity contribution in [2.75, 3.05) is 51.2 Å². The van der Waals surface area contributed by atoms with E-state index in [1.165, 1.54) is 0 Å². The fourth-order valence-electron chi connectivity index (χ4n) is 4.37. The molecule has 1 unspecified atom stereocenters. The van der Waals surface area contributed by atoms with Gasteiger partial charge in [0.2, 0.25) is 5.91 Å². The Bertz CT molecular complexity index is 659. The lowest BCUT2D eigenvalue weighted by Gasteiger charge is -2.46. The molecule has 0 bridgehead atoms. The molecule has 1 spiro atoms. The highest BCUT2D eigenvalue weighted by Gasteiger charge is 2.49. The zero-order chi connectivity index (χ0) is 17.4. The maximum absolute atomic E-state index is 12.7. The van der Waals surface area contributed by atoms with E-state index < -0.39 is 0 Å². The summed E-state index contributed by atoms with van der Waals surface area (Å²) in [4.78, 5) is 33.3. The van der Waals surface area contributed by atoms with Crippen molar-refractivity contribution in [3.63, 3.8) is 0 Å². The number of para-hydroxylation sites is 1. The Morgan fingerprint density at radius 2 is 1.72 bits per heavy atom. The maximum atomic E-state index is 12.7. The van der Waals surface area contributed by atoms with E-state index in [1.54, 1.807) is 0 Å². The van der Waals surface area contributed by atoms with Crippen LogP contribution in [0, 0.1) is 0 Å². The second-order valence-electron chi connectivity index (χ2n) is 7.54. The average molecular weight is 342 g/mol. The lowest BCUT2D eigenvalue weighted by molar-refractivity contribution is -0.123. The Hall–Kier alpha value is -2.08. The fraction of sp³-hybridized carbons (Fsp3) is 0.579. The second-order valence-corrected chi connectivity index (χ2v) is 7.54. The molecule has 3 amide bonds. The Morgan fingerprint density at radius 3 is 2.44 bits per heavy atom.